The monoisotopic (exact) mass is 661 g/mol. The Morgan fingerprint density at radius 2 is 1.62 bits per heavy atom. The molecule has 1 aliphatic heterocycles. The number of hydrogen-bond donors (Lipinski definition) is 3. The Morgan fingerprint density at radius 1 is 0.854 bits per heavy atom. The molecule has 4 atom stereocenters. The molecular formula is C38H35N3O6S. The summed E-state index contributed by atoms with van der Waals surface area (Å²) in [4.78, 5) is 32.6. The van der Waals surface area contributed by atoms with Gasteiger partial charge in [-0.15, -0.1) is 11.8 Å². The molecule has 0 spiro atoms. The maximum Gasteiger partial charge on any atom is 0.338 e. The second-order valence-corrected chi connectivity index (χ2v) is 12.5. The highest BCUT2D eigenvalue weighted by Crippen LogP contribution is 2.43. The van der Waals surface area contributed by atoms with Crippen molar-refractivity contribution >= 4 is 23.6 Å². The molecule has 0 aliphatic carbocycles. The minimum atomic E-state index is -1.02. The van der Waals surface area contributed by atoms with Crippen LogP contribution in [0.3, 0.4) is 0 Å². The number of amides is 1. The fourth-order valence-corrected chi connectivity index (χ4v) is 6.77. The summed E-state index contributed by atoms with van der Waals surface area (Å²) in [6.07, 6.45) is 3.52. The lowest BCUT2D eigenvalue weighted by Gasteiger charge is -2.41. The van der Waals surface area contributed by atoms with Crippen molar-refractivity contribution in [2.24, 2.45) is 5.92 Å². The van der Waals surface area contributed by atoms with Gasteiger partial charge >= 0.3 is 5.97 Å². The van der Waals surface area contributed by atoms with Crippen molar-refractivity contribution in [3.63, 3.8) is 0 Å². The number of aliphatic hydroxyl groups excluding tert-OH is 1. The molecule has 244 valence electrons. The lowest BCUT2D eigenvalue weighted by molar-refractivity contribution is -0.268. The minimum absolute atomic E-state index is 0.0440. The summed E-state index contributed by atoms with van der Waals surface area (Å²) in [5.74, 6) is -0.787. The summed E-state index contributed by atoms with van der Waals surface area (Å²) in [7, 11) is 0. The molecule has 1 amide bonds. The van der Waals surface area contributed by atoms with E-state index in [0.29, 0.717) is 22.9 Å². The highest BCUT2D eigenvalue weighted by Gasteiger charge is 2.38. The first-order chi connectivity index (χ1) is 23.4. The Hall–Kier alpha value is -4.87. The molecule has 3 heterocycles. The van der Waals surface area contributed by atoms with E-state index in [1.54, 1.807) is 42.9 Å². The average molecular weight is 662 g/mol. The molecule has 3 N–H and O–H groups in total. The number of nitrogens with one attached hydrogen (secondary N) is 1. The summed E-state index contributed by atoms with van der Waals surface area (Å²) >= 11 is 1.36. The molecule has 0 unspecified atom stereocenters. The zero-order chi connectivity index (χ0) is 33.5. The number of pyridine rings is 2. The van der Waals surface area contributed by atoms with Crippen molar-refractivity contribution < 1.29 is 29.3 Å². The van der Waals surface area contributed by atoms with Crippen molar-refractivity contribution in [1.29, 1.82) is 0 Å². The highest BCUT2D eigenvalue weighted by atomic mass is 32.2. The molecule has 2 aromatic heterocycles. The maximum atomic E-state index is 12.5. The number of thioether (sulfide) groups is 1. The third-order valence-electron chi connectivity index (χ3n) is 8.33. The third kappa shape index (κ3) is 7.80. The zero-order valence-corrected chi connectivity index (χ0v) is 27.0. The van der Waals surface area contributed by atoms with Gasteiger partial charge in [0.05, 0.1) is 29.9 Å². The van der Waals surface area contributed by atoms with E-state index in [0.717, 1.165) is 33.4 Å². The van der Waals surface area contributed by atoms with Crippen LogP contribution in [0.5, 0.6) is 0 Å². The molecule has 0 saturated carbocycles. The lowest BCUT2D eigenvalue weighted by atomic mass is 9.91. The van der Waals surface area contributed by atoms with Crippen LogP contribution in [0, 0.1) is 5.92 Å². The first kappa shape index (κ1) is 33.0. The summed E-state index contributed by atoms with van der Waals surface area (Å²) in [5, 5.41) is 22.6. The van der Waals surface area contributed by atoms with Crippen molar-refractivity contribution in [3.05, 3.63) is 149 Å². The minimum Gasteiger partial charge on any atom is -0.478 e. The van der Waals surface area contributed by atoms with E-state index in [2.05, 4.69) is 28.3 Å². The largest absolute Gasteiger partial charge is 0.478 e. The van der Waals surface area contributed by atoms with E-state index in [1.165, 1.54) is 11.8 Å². The summed E-state index contributed by atoms with van der Waals surface area (Å²) < 4.78 is 13.2. The van der Waals surface area contributed by atoms with E-state index in [9.17, 15) is 19.8 Å². The van der Waals surface area contributed by atoms with Gasteiger partial charge in [-0.2, -0.15) is 0 Å². The van der Waals surface area contributed by atoms with E-state index in [4.69, 9.17) is 9.47 Å². The van der Waals surface area contributed by atoms with Gasteiger partial charge in [-0.1, -0.05) is 73.7 Å². The number of ether oxygens (including phenoxy) is 2. The Balaban J connectivity index is 1.19. The molecule has 1 saturated heterocycles. The number of rotatable bonds is 11. The van der Waals surface area contributed by atoms with Crippen molar-refractivity contribution in [1.82, 2.24) is 15.3 Å². The highest BCUT2D eigenvalue weighted by molar-refractivity contribution is 7.99. The predicted molar refractivity (Wildman–Crippen MR) is 182 cm³/mol. The number of aromatic nitrogens is 2. The molecule has 9 nitrogen and oxygen atoms in total. The first-order valence-electron chi connectivity index (χ1n) is 15.6. The molecule has 10 heteroatoms. The van der Waals surface area contributed by atoms with Gasteiger partial charge in [0.25, 0.3) is 5.91 Å². The van der Waals surface area contributed by atoms with Crippen LogP contribution in [0.2, 0.25) is 0 Å². The average Bonchev–Trinajstić information content (AvgIpc) is 3.14. The standard InChI is InChI=1S/C38H35N3O6S/c1-24-33(23-48-36-32(37(44)45)8-4-18-40-36)46-38(47-34(24)28-11-9-25(22-42)10-12-28)29-15-13-27(14-16-29)30-6-2-5-26(19-30)20-41-35(43)31-7-3-17-39-21-31/h2-19,21,24,33-34,38,42H,20,22-23H2,1H3,(H,41,43)(H,44,45)/t24-,33+,34+,38+/m1/s1. The number of aromatic carboxylic acids is 1. The lowest BCUT2D eigenvalue weighted by Crippen LogP contribution is -2.38. The van der Waals surface area contributed by atoms with Crippen LogP contribution in [0.25, 0.3) is 11.1 Å². The molecule has 48 heavy (non-hydrogen) atoms. The number of carbonyl (C=O) groups is 2. The number of benzene rings is 3. The molecule has 0 bridgehead atoms. The summed E-state index contributed by atoms with van der Waals surface area (Å²) in [6.45, 7) is 2.41. The fraction of sp³-hybridized carbons (Fsp3) is 0.211. The normalized spacial score (nSPS) is 19.0. The number of carboxylic acids is 1. The fourth-order valence-electron chi connectivity index (χ4n) is 5.61. The van der Waals surface area contributed by atoms with Gasteiger partial charge in [-0.25, -0.2) is 9.78 Å². The second kappa shape index (κ2) is 15.4. The number of hydrogen-bond acceptors (Lipinski definition) is 8. The van der Waals surface area contributed by atoms with Gasteiger partial charge < -0.3 is 25.0 Å². The van der Waals surface area contributed by atoms with Gasteiger partial charge in [-0.3, -0.25) is 9.78 Å². The van der Waals surface area contributed by atoms with Gasteiger partial charge in [0.2, 0.25) is 0 Å². The van der Waals surface area contributed by atoms with E-state index in [-0.39, 0.29) is 36.2 Å². The predicted octanol–water partition coefficient (Wildman–Crippen LogP) is 6.85. The Labute approximate surface area is 283 Å². The van der Waals surface area contributed by atoms with Crippen molar-refractivity contribution in [2.75, 3.05) is 5.75 Å². The summed E-state index contributed by atoms with van der Waals surface area (Å²) in [6, 6.07) is 30.4. The molecule has 6 rings (SSSR count). The molecule has 1 fully saturated rings. The number of carboxylic acid groups (broad SMARTS) is 1. The molecule has 3 aromatic carbocycles. The number of nitrogens with zero attached hydrogens (tertiary/aromatic N) is 2. The maximum absolute atomic E-state index is 12.5. The topological polar surface area (TPSA) is 131 Å². The Bertz CT molecular complexity index is 1850. The van der Waals surface area contributed by atoms with Crippen LogP contribution < -0.4 is 5.32 Å². The van der Waals surface area contributed by atoms with Crippen LogP contribution in [0.1, 0.15) is 62.3 Å². The molecule has 1 aliphatic rings. The molecule has 5 aromatic rings. The van der Waals surface area contributed by atoms with Gasteiger partial charge in [0.1, 0.15) is 5.03 Å². The van der Waals surface area contributed by atoms with Crippen LogP contribution in [-0.2, 0) is 22.6 Å². The van der Waals surface area contributed by atoms with Crippen molar-refractivity contribution in [3.8, 4) is 11.1 Å². The smallest absolute Gasteiger partial charge is 0.338 e. The van der Waals surface area contributed by atoms with Gasteiger partial charge in [0.15, 0.2) is 6.29 Å². The van der Waals surface area contributed by atoms with Gasteiger partial charge in [-0.05, 0) is 58.1 Å². The summed E-state index contributed by atoms with van der Waals surface area (Å²) in [5.41, 5.74) is 6.28. The number of aliphatic hydroxyl groups is 1. The quantitative estimate of drug-likeness (QED) is 0.130. The van der Waals surface area contributed by atoms with Crippen LogP contribution in [0.4, 0.5) is 0 Å². The Kier molecular flexibility index (Phi) is 10.6. The van der Waals surface area contributed by atoms with Crippen molar-refractivity contribution in [2.45, 2.75) is 43.6 Å². The zero-order valence-electron chi connectivity index (χ0n) is 26.2. The van der Waals surface area contributed by atoms with E-state index >= 15 is 0 Å². The molecule has 0 radical (unpaired) electrons. The van der Waals surface area contributed by atoms with E-state index < -0.39 is 12.3 Å². The first-order valence-corrected chi connectivity index (χ1v) is 16.6. The van der Waals surface area contributed by atoms with Crippen LogP contribution in [-0.4, -0.2) is 43.9 Å². The van der Waals surface area contributed by atoms with E-state index in [1.807, 2.05) is 66.7 Å². The van der Waals surface area contributed by atoms with Gasteiger partial charge in [0, 0.05) is 42.4 Å². The number of carbonyl (C=O) groups excluding carboxylic acids is 1. The third-order valence-corrected chi connectivity index (χ3v) is 9.42. The van der Waals surface area contributed by atoms with Crippen LogP contribution in [0.15, 0.2) is 121 Å². The van der Waals surface area contributed by atoms with Crippen LogP contribution >= 0.6 is 11.8 Å². The Morgan fingerprint density at radius 3 is 2.35 bits per heavy atom. The SMILES string of the molecule is C[C@@H]1[C@H](CSc2ncccc2C(=O)O)O[C@H](c2ccc(-c3cccc(CNC(=O)c4cccnc4)c3)cc2)O[C@@H]1c1ccc(CO)cc1. The molecular weight excluding hydrogens is 627 g/mol. The second-order valence-electron chi connectivity index (χ2n) is 11.5.